The Bertz CT molecular complexity index is 663. The zero-order valence-electron chi connectivity index (χ0n) is 14.5. The number of amidine groups is 1. The van der Waals surface area contributed by atoms with Gasteiger partial charge in [-0.15, -0.1) is 0 Å². The fourth-order valence-corrected chi connectivity index (χ4v) is 3.61. The minimum Gasteiger partial charge on any atom is -0.369 e. The van der Waals surface area contributed by atoms with Gasteiger partial charge in [0, 0.05) is 17.5 Å². The van der Waals surface area contributed by atoms with Crippen molar-refractivity contribution in [1.29, 1.82) is 5.41 Å². The first-order valence-electron chi connectivity index (χ1n) is 9.05. The summed E-state index contributed by atoms with van der Waals surface area (Å²) in [5.74, 6) is 1.43. The number of hydrogen-bond acceptors (Lipinski definition) is 2. The monoisotopic (exact) mass is 355 g/mol. The van der Waals surface area contributed by atoms with Crippen LogP contribution in [0.4, 0.5) is 0 Å². The molecule has 132 valence electrons. The Morgan fingerprint density at radius 3 is 2.44 bits per heavy atom. The molecule has 1 unspecified atom stereocenters. The van der Waals surface area contributed by atoms with Crippen LogP contribution in [0.5, 0.6) is 0 Å². The Hall–Kier alpha value is -1.84. The molecule has 0 aromatic heterocycles. The van der Waals surface area contributed by atoms with Gasteiger partial charge in [0.2, 0.25) is 0 Å². The molecule has 0 spiro atoms. The zero-order valence-corrected chi connectivity index (χ0v) is 15.2. The lowest BCUT2D eigenvalue weighted by molar-refractivity contribution is 0.346. The highest BCUT2D eigenvalue weighted by molar-refractivity contribution is 6.30. The summed E-state index contributed by atoms with van der Waals surface area (Å²) in [4.78, 5) is 0. The lowest BCUT2D eigenvalue weighted by Gasteiger charge is -2.28. The number of hydrogen-bond donors (Lipinski definition) is 3. The van der Waals surface area contributed by atoms with Gasteiger partial charge in [0.1, 0.15) is 5.84 Å². The molecule has 1 aliphatic heterocycles. The molecule has 0 amide bonds. The summed E-state index contributed by atoms with van der Waals surface area (Å²) in [6.45, 7) is 2.85. The van der Waals surface area contributed by atoms with Gasteiger partial charge in [-0.2, -0.15) is 0 Å². The fraction of sp³-hybridized carbons (Fsp3) is 0.381. The normalized spacial score (nSPS) is 16.4. The van der Waals surface area contributed by atoms with Gasteiger partial charge < -0.3 is 10.6 Å². The maximum atomic E-state index is 8.64. The molecule has 1 fully saturated rings. The summed E-state index contributed by atoms with van der Waals surface area (Å²) in [5.41, 5.74) is 2.37. The third kappa shape index (κ3) is 5.32. The first kappa shape index (κ1) is 18.0. The summed E-state index contributed by atoms with van der Waals surface area (Å²) in [7, 11) is 0. The number of nitrogens with one attached hydrogen (secondary N) is 3. The van der Waals surface area contributed by atoms with Crippen molar-refractivity contribution in [1.82, 2.24) is 10.6 Å². The first-order valence-corrected chi connectivity index (χ1v) is 9.42. The van der Waals surface area contributed by atoms with Crippen molar-refractivity contribution in [3.05, 3.63) is 70.7 Å². The largest absolute Gasteiger partial charge is 0.369 e. The summed E-state index contributed by atoms with van der Waals surface area (Å²) >= 11 is 5.95. The Labute approximate surface area is 155 Å². The molecule has 1 heterocycles. The van der Waals surface area contributed by atoms with Crippen LogP contribution in [0.2, 0.25) is 5.02 Å². The maximum absolute atomic E-state index is 8.64. The van der Waals surface area contributed by atoms with Crippen LogP contribution in [-0.2, 0) is 6.54 Å². The molecule has 4 heteroatoms. The van der Waals surface area contributed by atoms with Gasteiger partial charge in [0.25, 0.3) is 0 Å². The van der Waals surface area contributed by atoms with Gasteiger partial charge in [0.15, 0.2) is 0 Å². The molecule has 1 aliphatic rings. The summed E-state index contributed by atoms with van der Waals surface area (Å²) in [6, 6.07) is 18.3. The fourth-order valence-electron chi connectivity index (χ4n) is 3.48. The van der Waals surface area contributed by atoms with E-state index in [0.717, 1.165) is 30.1 Å². The van der Waals surface area contributed by atoms with E-state index in [-0.39, 0.29) is 5.92 Å². The average molecular weight is 356 g/mol. The second-order valence-corrected chi connectivity index (χ2v) is 7.22. The van der Waals surface area contributed by atoms with Crippen LogP contribution >= 0.6 is 11.6 Å². The number of piperidine rings is 1. The van der Waals surface area contributed by atoms with E-state index in [1.165, 1.54) is 18.4 Å². The minimum absolute atomic E-state index is 0.136. The van der Waals surface area contributed by atoms with E-state index in [1.54, 1.807) is 0 Å². The van der Waals surface area contributed by atoms with Crippen molar-refractivity contribution in [2.75, 3.05) is 13.1 Å². The second-order valence-electron chi connectivity index (χ2n) is 6.79. The van der Waals surface area contributed by atoms with E-state index in [2.05, 4.69) is 34.9 Å². The minimum atomic E-state index is 0.136. The Balaban J connectivity index is 1.66. The van der Waals surface area contributed by atoms with Crippen molar-refractivity contribution in [3.8, 4) is 0 Å². The smallest absolute Gasteiger partial charge is 0.101 e. The Morgan fingerprint density at radius 2 is 1.76 bits per heavy atom. The van der Waals surface area contributed by atoms with Crippen molar-refractivity contribution in [2.24, 2.45) is 5.92 Å². The maximum Gasteiger partial charge on any atom is 0.101 e. The van der Waals surface area contributed by atoms with Gasteiger partial charge in [-0.25, -0.2) is 0 Å². The average Bonchev–Trinajstić information content (AvgIpc) is 2.67. The SMILES string of the molecule is N=C(NCc1ccc(Cl)cc1)C(CC1CCNCC1)c1ccccc1. The molecule has 0 aliphatic carbocycles. The Kier molecular flexibility index (Phi) is 6.48. The molecule has 3 rings (SSSR count). The lowest BCUT2D eigenvalue weighted by Crippen LogP contribution is -2.33. The van der Waals surface area contributed by atoms with Gasteiger partial charge in [-0.05, 0) is 61.5 Å². The predicted octanol–water partition coefficient (Wildman–Crippen LogP) is 4.58. The highest BCUT2D eigenvalue weighted by Gasteiger charge is 2.23. The highest BCUT2D eigenvalue weighted by atomic mass is 35.5. The van der Waals surface area contributed by atoms with Crippen LogP contribution < -0.4 is 10.6 Å². The molecule has 2 aromatic carbocycles. The quantitative estimate of drug-likeness (QED) is 0.524. The Morgan fingerprint density at radius 1 is 1.08 bits per heavy atom. The molecule has 3 nitrogen and oxygen atoms in total. The van der Waals surface area contributed by atoms with Crippen LogP contribution in [0.3, 0.4) is 0 Å². The van der Waals surface area contributed by atoms with Gasteiger partial charge >= 0.3 is 0 Å². The van der Waals surface area contributed by atoms with Crippen LogP contribution in [-0.4, -0.2) is 18.9 Å². The standard InChI is InChI=1S/C21H26ClN3/c22-19-8-6-17(7-9-19)15-25-21(23)20(18-4-2-1-3-5-18)14-16-10-12-24-13-11-16/h1-9,16,20,24H,10-15H2,(H2,23,25). The third-order valence-electron chi connectivity index (χ3n) is 4.97. The molecule has 0 bridgehead atoms. The summed E-state index contributed by atoms with van der Waals surface area (Å²) in [5, 5.41) is 16.1. The number of benzene rings is 2. The van der Waals surface area contributed by atoms with Gasteiger partial charge in [0.05, 0.1) is 0 Å². The topological polar surface area (TPSA) is 47.9 Å². The number of halogens is 1. The van der Waals surface area contributed by atoms with E-state index >= 15 is 0 Å². The molecule has 0 radical (unpaired) electrons. The predicted molar refractivity (Wildman–Crippen MR) is 105 cm³/mol. The van der Waals surface area contributed by atoms with E-state index in [4.69, 9.17) is 17.0 Å². The zero-order chi connectivity index (χ0) is 17.5. The number of rotatable bonds is 6. The van der Waals surface area contributed by atoms with Gasteiger partial charge in [-0.1, -0.05) is 54.1 Å². The van der Waals surface area contributed by atoms with Crippen molar-refractivity contribution in [3.63, 3.8) is 0 Å². The van der Waals surface area contributed by atoms with Gasteiger partial charge in [-0.3, -0.25) is 5.41 Å². The van der Waals surface area contributed by atoms with Crippen LogP contribution in [0.25, 0.3) is 0 Å². The molecule has 0 saturated carbocycles. The van der Waals surface area contributed by atoms with Crippen LogP contribution in [0, 0.1) is 11.3 Å². The molecular weight excluding hydrogens is 330 g/mol. The summed E-state index contributed by atoms with van der Waals surface area (Å²) < 4.78 is 0. The molecule has 1 atom stereocenters. The molecule has 3 N–H and O–H groups in total. The molecule has 2 aromatic rings. The molecule has 1 saturated heterocycles. The van der Waals surface area contributed by atoms with Crippen molar-refractivity contribution < 1.29 is 0 Å². The van der Waals surface area contributed by atoms with E-state index in [1.807, 2.05) is 30.3 Å². The van der Waals surface area contributed by atoms with E-state index in [0.29, 0.717) is 18.3 Å². The summed E-state index contributed by atoms with van der Waals surface area (Å²) in [6.07, 6.45) is 3.44. The van der Waals surface area contributed by atoms with E-state index < -0.39 is 0 Å². The van der Waals surface area contributed by atoms with E-state index in [9.17, 15) is 0 Å². The van der Waals surface area contributed by atoms with Crippen LogP contribution in [0.15, 0.2) is 54.6 Å². The highest BCUT2D eigenvalue weighted by Crippen LogP contribution is 2.29. The van der Waals surface area contributed by atoms with Crippen molar-refractivity contribution in [2.45, 2.75) is 31.7 Å². The lowest BCUT2D eigenvalue weighted by atomic mass is 9.83. The second kappa shape index (κ2) is 9.02. The first-order chi connectivity index (χ1) is 12.2. The molecule has 25 heavy (non-hydrogen) atoms. The van der Waals surface area contributed by atoms with Crippen molar-refractivity contribution >= 4 is 17.4 Å². The van der Waals surface area contributed by atoms with Crippen LogP contribution in [0.1, 0.15) is 36.3 Å². The molecular formula is C21H26ClN3. The third-order valence-corrected chi connectivity index (χ3v) is 5.23.